The van der Waals surface area contributed by atoms with Crippen LogP contribution in [0.4, 0.5) is 11.4 Å². The minimum absolute atomic E-state index is 0.0113. The second-order valence-electron chi connectivity index (χ2n) is 9.38. The first-order valence-electron chi connectivity index (χ1n) is 13.3. The zero-order valence-corrected chi connectivity index (χ0v) is 24.4. The van der Waals surface area contributed by atoms with Crippen LogP contribution in [0, 0.1) is 13.8 Å². The number of nitrogens with two attached hydrogens (primary N) is 1. The van der Waals surface area contributed by atoms with E-state index in [1.54, 1.807) is 24.3 Å². The minimum atomic E-state index is -0.344. The van der Waals surface area contributed by atoms with E-state index in [1.807, 2.05) is 51.0 Å². The number of nitrogen functional groups attached to an aromatic ring is 1. The molecule has 0 unspecified atom stereocenters. The predicted octanol–water partition coefficient (Wildman–Crippen LogP) is 5.77. The second kappa shape index (κ2) is 20.2. The van der Waals surface area contributed by atoms with Gasteiger partial charge in [0.1, 0.15) is 6.61 Å². The van der Waals surface area contributed by atoms with Crippen LogP contribution < -0.4 is 11.1 Å². The average Bonchev–Trinajstić information content (AvgIpc) is 2.83. The molecule has 0 aliphatic rings. The lowest BCUT2D eigenvalue weighted by Gasteiger charge is -2.20. The molecule has 2 aromatic carbocycles. The molecule has 0 heterocycles. The fourth-order valence-corrected chi connectivity index (χ4v) is 3.23. The fraction of sp³-hybridized carbons (Fsp3) is 0.533. The van der Waals surface area contributed by atoms with Crippen LogP contribution in [0.25, 0.3) is 0 Å². The average molecular weight is 515 g/mol. The Hall–Kier alpha value is -2.90. The lowest BCUT2D eigenvalue weighted by molar-refractivity contribution is -0.117. The number of hydrogen-bond donors (Lipinski definition) is 2. The number of hydrogen-bond acceptors (Lipinski definition) is 6. The molecule has 0 radical (unpaired) electrons. The molecule has 2 aromatic rings. The summed E-state index contributed by atoms with van der Waals surface area (Å²) in [6, 6.07) is 12.7. The Bertz CT molecular complexity index is 878. The Balaban J connectivity index is 0.00000196. The monoisotopic (exact) mass is 514 g/mol. The number of benzene rings is 2. The molecule has 0 aliphatic carbocycles. The number of aryl methyl sites for hydroxylation is 2. The van der Waals surface area contributed by atoms with Crippen LogP contribution in [-0.2, 0) is 9.53 Å². The van der Waals surface area contributed by atoms with E-state index in [1.165, 1.54) is 12.8 Å². The Morgan fingerprint density at radius 3 is 1.89 bits per heavy atom. The smallest absolute Gasteiger partial charge is 0.338 e. The van der Waals surface area contributed by atoms with Crippen LogP contribution in [0.3, 0.4) is 0 Å². The molecule has 0 aromatic heterocycles. The molecule has 7 nitrogen and oxygen atoms in total. The number of amides is 1. The summed E-state index contributed by atoms with van der Waals surface area (Å²) in [4.78, 5) is 28.5. The molecule has 0 bridgehead atoms. The number of anilines is 2. The van der Waals surface area contributed by atoms with Crippen LogP contribution in [0.2, 0.25) is 0 Å². The summed E-state index contributed by atoms with van der Waals surface area (Å²) in [5.41, 5.74) is 9.76. The molecule has 0 saturated carbocycles. The SMILES string of the molecule is CCC.CCC.Cc1cccc(C)c1NC(=O)CN(C)CCCN(C)CCOC(=O)c1ccc(N)cc1. The van der Waals surface area contributed by atoms with Gasteiger partial charge in [-0.05, 0) is 82.8 Å². The maximum atomic E-state index is 12.3. The van der Waals surface area contributed by atoms with E-state index >= 15 is 0 Å². The van der Waals surface area contributed by atoms with Gasteiger partial charge in [-0.25, -0.2) is 4.79 Å². The number of para-hydroxylation sites is 1. The van der Waals surface area contributed by atoms with Crippen molar-refractivity contribution in [1.82, 2.24) is 9.80 Å². The summed E-state index contributed by atoms with van der Waals surface area (Å²) in [5.74, 6) is -0.356. The van der Waals surface area contributed by atoms with Crippen molar-refractivity contribution in [3.8, 4) is 0 Å². The van der Waals surface area contributed by atoms with Crippen molar-refractivity contribution >= 4 is 23.3 Å². The van der Waals surface area contributed by atoms with Gasteiger partial charge in [-0.1, -0.05) is 58.7 Å². The number of carbonyl (C=O) groups is 2. The fourth-order valence-electron chi connectivity index (χ4n) is 3.23. The highest BCUT2D eigenvalue weighted by atomic mass is 16.5. The van der Waals surface area contributed by atoms with Crippen molar-refractivity contribution in [3.63, 3.8) is 0 Å². The summed E-state index contributed by atoms with van der Waals surface area (Å²) in [7, 11) is 3.93. The summed E-state index contributed by atoms with van der Waals surface area (Å²) < 4.78 is 5.31. The minimum Gasteiger partial charge on any atom is -0.461 e. The first-order valence-corrected chi connectivity index (χ1v) is 13.3. The first kappa shape index (κ1) is 34.1. The molecule has 0 spiro atoms. The molecule has 37 heavy (non-hydrogen) atoms. The Morgan fingerprint density at radius 1 is 0.838 bits per heavy atom. The van der Waals surface area contributed by atoms with Gasteiger partial charge < -0.3 is 20.7 Å². The molecule has 0 aliphatic heterocycles. The lowest BCUT2D eigenvalue weighted by Crippen LogP contribution is -2.33. The number of carbonyl (C=O) groups excluding carboxylic acids is 2. The summed E-state index contributed by atoms with van der Waals surface area (Å²) >= 11 is 0. The van der Waals surface area contributed by atoms with E-state index in [-0.39, 0.29) is 11.9 Å². The molecule has 0 saturated heterocycles. The predicted molar refractivity (Wildman–Crippen MR) is 157 cm³/mol. The highest BCUT2D eigenvalue weighted by molar-refractivity contribution is 5.93. The number of ether oxygens (including phenoxy) is 1. The number of rotatable bonds is 11. The zero-order valence-electron chi connectivity index (χ0n) is 24.4. The van der Waals surface area contributed by atoms with Gasteiger partial charge in [0.15, 0.2) is 0 Å². The maximum absolute atomic E-state index is 12.3. The Labute approximate surface area is 225 Å². The largest absolute Gasteiger partial charge is 0.461 e. The van der Waals surface area contributed by atoms with Crippen LogP contribution >= 0.6 is 0 Å². The van der Waals surface area contributed by atoms with Gasteiger partial charge in [0.05, 0.1) is 12.1 Å². The van der Waals surface area contributed by atoms with E-state index < -0.39 is 0 Å². The van der Waals surface area contributed by atoms with Crippen molar-refractivity contribution < 1.29 is 14.3 Å². The lowest BCUT2D eigenvalue weighted by atomic mass is 10.1. The van der Waals surface area contributed by atoms with Crippen molar-refractivity contribution in [3.05, 3.63) is 59.2 Å². The zero-order chi connectivity index (χ0) is 28.2. The number of nitrogens with one attached hydrogen (secondary N) is 1. The first-order chi connectivity index (χ1) is 17.6. The molecule has 3 N–H and O–H groups in total. The number of nitrogens with zero attached hydrogens (tertiary/aromatic N) is 2. The van der Waals surface area contributed by atoms with Crippen molar-refractivity contribution in [1.29, 1.82) is 0 Å². The van der Waals surface area contributed by atoms with Crippen molar-refractivity contribution in [2.24, 2.45) is 0 Å². The highest BCUT2D eigenvalue weighted by Crippen LogP contribution is 2.19. The summed E-state index contributed by atoms with van der Waals surface area (Å²) in [6.45, 7) is 15.5. The highest BCUT2D eigenvalue weighted by Gasteiger charge is 2.11. The van der Waals surface area contributed by atoms with Crippen LogP contribution in [0.15, 0.2) is 42.5 Å². The summed E-state index contributed by atoms with van der Waals surface area (Å²) in [6.07, 6.45) is 3.41. The quantitative estimate of drug-likeness (QED) is 0.292. The van der Waals surface area contributed by atoms with Crippen LogP contribution in [0.1, 0.15) is 68.4 Å². The van der Waals surface area contributed by atoms with Crippen molar-refractivity contribution in [2.45, 2.75) is 60.8 Å². The van der Waals surface area contributed by atoms with Crippen LogP contribution in [-0.4, -0.2) is 68.6 Å². The van der Waals surface area contributed by atoms with Gasteiger partial charge in [-0.3, -0.25) is 9.69 Å². The Morgan fingerprint density at radius 2 is 1.35 bits per heavy atom. The second-order valence-corrected chi connectivity index (χ2v) is 9.38. The van der Waals surface area contributed by atoms with Gasteiger partial charge in [-0.15, -0.1) is 0 Å². The van der Waals surface area contributed by atoms with Gasteiger partial charge >= 0.3 is 5.97 Å². The van der Waals surface area contributed by atoms with Gasteiger partial charge in [0, 0.05) is 17.9 Å². The third-order valence-corrected chi connectivity index (χ3v) is 5.09. The van der Waals surface area contributed by atoms with E-state index in [2.05, 4.69) is 37.9 Å². The van der Waals surface area contributed by atoms with Crippen molar-refractivity contribution in [2.75, 3.05) is 57.9 Å². The molecular weight excluding hydrogens is 464 g/mol. The van der Waals surface area contributed by atoms with E-state index in [9.17, 15) is 9.59 Å². The normalized spacial score (nSPS) is 10.2. The third-order valence-electron chi connectivity index (χ3n) is 5.09. The molecule has 0 atom stereocenters. The number of esters is 1. The molecule has 208 valence electrons. The Kier molecular flexibility index (Phi) is 18.6. The molecular formula is C30H50N4O3. The topological polar surface area (TPSA) is 87.9 Å². The van der Waals surface area contributed by atoms with E-state index in [0.717, 1.165) is 36.3 Å². The molecule has 0 fully saturated rings. The van der Waals surface area contributed by atoms with Crippen LogP contribution in [0.5, 0.6) is 0 Å². The standard InChI is InChI=1S/C24H34N4O3.2C3H8/c1-18-7-5-8-19(2)23(18)26-22(29)17-28(4)14-6-13-27(3)15-16-31-24(30)20-9-11-21(25)12-10-20;2*1-3-2/h5,7-12H,6,13-17,25H2,1-4H3,(H,26,29);2*3H2,1-2H3. The van der Waals surface area contributed by atoms with Gasteiger partial charge in [0.2, 0.25) is 5.91 Å². The van der Waals surface area contributed by atoms with Gasteiger partial charge in [0.25, 0.3) is 0 Å². The molecule has 2 rings (SSSR count). The number of likely N-dealkylation sites (N-methyl/N-ethyl adjacent to an activating group) is 2. The van der Waals surface area contributed by atoms with E-state index in [4.69, 9.17) is 10.5 Å². The van der Waals surface area contributed by atoms with E-state index in [0.29, 0.717) is 30.9 Å². The third kappa shape index (κ3) is 15.7. The van der Waals surface area contributed by atoms with Gasteiger partial charge in [-0.2, -0.15) is 0 Å². The molecule has 7 heteroatoms. The summed E-state index contributed by atoms with van der Waals surface area (Å²) in [5, 5.41) is 3.02. The molecule has 1 amide bonds. The maximum Gasteiger partial charge on any atom is 0.338 e.